The maximum Gasteiger partial charge on any atom is 0.298 e. The summed E-state index contributed by atoms with van der Waals surface area (Å²) in [7, 11) is 0. The summed E-state index contributed by atoms with van der Waals surface area (Å²) in [5.74, 6) is -1.42. The number of carbonyl (C=O) groups is 2. The van der Waals surface area contributed by atoms with Gasteiger partial charge in [0.25, 0.3) is 11.7 Å². The summed E-state index contributed by atoms with van der Waals surface area (Å²) in [5, 5.41) is 20.1. The van der Waals surface area contributed by atoms with Crippen LogP contribution < -0.4 is 5.32 Å². The molecule has 0 unspecified atom stereocenters. The van der Waals surface area contributed by atoms with Gasteiger partial charge in [0.15, 0.2) is 5.82 Å². The molecule has 0 fully saturated rings. The van der Waals surface area contributed by atoms with Gasteiger partial charge >= 0.3 is 0 Å². The standard InChI is InChI=1S/C18H9N5O2S/c19-9-11-1-5-13(6-2-11)15-17(23-26-22-15)21-18(25)16(24)14-7-3-12(10-20)4-8-14/h1-8H,(H,21,23,25). The number of nitriles is 2. The zero-order valence-corrected chi connectivity index (χ0v) is 13.9. The molecule has 0 saturated heterocycles. The fraction of sp³-hybridized carbons (Fsp3) is 0. The van der Waals surface area contributed by atoms with Crippen LogP contribution in [0.1, 0.15) is 21.5 Å². The van der Waals surface area contributed by atoms with Crippen molar-refractivity contribution in [3.63, 3.8) is 0 Å². The zero-order valence-electron chi connectivity index (χ0n) is 13.1. The van der Waals surface area contributed by atoms with Crippen LogP contribution in [0.4, 0.5) is 5.82 Å². The van der Waals surface area contributed by atoms with Crippen molar-refractivity contribution in [2.45, 2.75) is 0 Å². The Bertz CT molecular complexity index is 1060. The molecule has 3 aromatic rings. The number of anilines is 1. The van der Waals surface area contributed by atoms with Crippen LogP contribution in [0.5, 0.6) is 0 Å². The molecule has 7 nitrogen and oxygen atoms in total. The third-order valence-corrected chi connectivity index (χ3v) is 4.02. The number of hydrogen-bond donors (Lipinski definition) is 1. The summed E-state index contributed by atoms with van der Waals surface area (Å²) in [6, 6.07) is 16.4. The number of benzene rings is 2. The second-order valence-corrected chi connectivity index (χ2v) is 5.65. The molecule has 0 aliphatic rings. The Morgan fingerprint density at radius 3 is 2.04 bits per heavy atom. The van der Waals surface area contributed by atoms with Crippen LogP contribution >= 0.6 is 11.7 Å². The predicted molar refractivity (Wildman–Crippen MR) is 94.2 cm³/mol. The van der Waals surface area contributed by atoms with Gasteiger partial charge in [-0.2, -0.15) is 19.3 Å². The first-order valence-corrected chi connectivity index (χ1v) is 8.04. The first-order chi connectivity index (χ1) is 12.6. The Kier molecular flexibility index (Phi) is 4.79. The third-order valence-electron chi connectivity index (χ3n) is 3.49. The van der Waals surface area contributed by atoms with Crippen LogP contribution in [0.2, 0.25) is 0 Å². The van der Waals surface area contributed by atoms with Gasteiger partial charge in [-0.25, -0.2) is 0 Å². The molecule has 0 radical (unpaired) electrons. The summed E-state index contributed by atoms with van der Waals surface area (Å²) in [5.41, 5.74) is 2.15. The summed E-state index contributed by atoms with van der Waals surface area (Å²) in [4.78, 5) is 24.4. The second-order valence-electron chi connectivity index (χ2n) is 5.12. The number of Topliss-reactive ketones (excluding diaryl/α,β-unsaturated/α-hetero) is 1. The Balaban J connectivity index is 1.79. The second kappa shape index (κ2) is 7.34. The highest BCUT2D eigenvalue weighted by Crippen LogP contribution is 2.26. The summed E-state index contributed by atoms with van der Waals surface area (Å²) in [6.07, 6.45) is 0. The van der Waals surface area contributed by atoms with Gasteiger partial charge in [0.05, 0.1) is 35.0 Å². The van der Waals surface area contributed by atoms with Crippen LogP contribution in [-0.4, -0.2) is 20.4 Å². The first kappa shape index (κ1) is 17.0. The molecule has 0 atom stereocenters. The highest BCUT2D eigenvalue weighted by Gasteiger charge is 2.20. The lowest BCUT2D eigenvalue weighted by molar-refractivity contribution is -0.112. The lowest BCUT2D eigenvalue weighted by atomic mass is 10.1. The van der Waals surface area contributed by atoms with E-state index >= 15 is 0 Å². The van der Waals surface area contributed by atoms with Crippen LogP contribution in [0, 0.1) is 22.7 Å². The molecule has 0 aliphatic carbocycles. The minimum atomic E-state index is -0.850. The molecule has 0 aliphatic heterocycles. The Labute approximate surface area is 152 Å². The van der Waals surface area contributed by atoms with Crippen molar-refractivity contribution in [1.82, 2.24) is 8.75 Å². The Morgan fingerprint density at radius 2 is 1.46 bits per heavy atom. The molecule has 1 N–H and O–H groups in total. The minimum absolute atomic E-state index is 0.171. The van der Waals surface area contributed by atoms with Crippen molar-refractivity contribution in [1.29, 1.82) is 10.5 Å². The van der Waals surface area contributed by atoms with E-state index in [0.717, 1.165) is 11.7 Å². The number of ketones is 1. The normalized spacial score (nSPS) is 9.77. The summed E-state index contributed by atoms with van der Waals surface area (Å²) < 4.78 is 8.15. The van der Waals surface area contributed by atoms with Crippen molar-refractivity contribution in [2.24, 2.45) is 0 Å². The maximum absolute atomic E-state index is 12.2. The fourth-order valence-corrected chi connectivity index (χ4v) is 2.68. The van der Waals surface area contributed by atoms with E-state index in [2.05, 4.69) is 14.1 Å². The first-order valence-electron chi connectivity index (χ1n) is 7.31. The van der Waals surface area contributed by atoms with E-state index in [1.807, 2.05) is 12.1 Å². The molecule has 0 bridgehead atoms. The maximum atomic E-state index is 12.2. The number of carbonyl (C=O) groups excluding carboxylic acids is 2. The van der Waals surface area contributed by atoms with Crippen LogP contribution in [-0.2, 0) is 4.79 Å². The van der Waals surface area contributed by atoms with Crippen molar-refractivity contribution in [2.75, 3.05) is 5.32 Å². The van der Waals surface area contributed by atoms with E-state index in [1.54, 1.807) is 24.3 Å². The highest BCUT2D eigenvalue weighted by molar-refractivity contribution is 6.99. The number of nitrogens with zero attached hydrogens (tertiary/aromatic N) is 4. The molecule has 2 aromatic carbocycles. The molecule has 8 heteroatoms. The monoisotopic (exact) mass is 359 g/mol. The molecular weight excluding hydrogens is 350 g/mol. The molecule has 26 heavy (non-hydrogen) atoms. The molecular formula is C18H9N5O2S. The van der Waals surface area contributed by atoms with Gasteiger partial charge in [-0.05, 0) is 36.4 Å². The van der Waals surface area contributed by atoms with Crippen molar-refractivity contribution in [3.8, 4) is 23.4 Å². The minimum Gasteiger partial charge on any atom is -0.301 e. The van der Waals surface area contributed by atoms with Gasteiger partial charge in [-0.15, -0.1) is 0 Å². The van der Waals surface area contributed by atoms with Crippen LogP contribution in [0.3, 0.4) is 0 Å². The highest BCUT2D eigenvalue weighted by atomic mass is 32.1. The smallest absolute Gasteiger partial charge is 0.298 e. The summed E-state index contributed by atoms with van der Waals surface area (Å²) in [6.45, 7) is 0. The number of hydrogen-bond acceptors (Lipinski definition) is 7. The number of rotatable bonds is 4. The van der Waals surface area contributed by atoms with Crippen LogP contribution in [0.15, 0.2) is 48.5 Å². The molecule has 1 aromatic heterocycles. The average Bonchev–Trinajstić information content (AvgIpc) is 3.15. The average molecular weight is 359 g/mol. The van der Waals surface area contributed by atoms with Crippen LogP contribution in [0.25, 0.3) is 11.3 Å². The molecule has 124 valence electrons. The predicted octanol–water partition coefficient (Wildman–Crippen LogP) is 2.77. The Morgan fingerprint density at radius 1 is 0.885 bits per heavy atom. The SMILES string of the molecule is N#Cc1ccc(C(=O)C(=O)Nc2nsnc2-c2ccc(C#N)cc2)cc1. The van der Waals surface area contributed by atoms with Crippen molar-refractivity contribution < 1.29 is 9.59 Å². The lowest BCUT2D eigenvalue weighted by Gasteiger charge is -2.04. The van der Waals surface area contributed by atoms with E-state index in [9.17, 15) is 9.59 Å². The lowest BCUT2D eigenvalue weighted by Crippen LogP contribution is -2.23. The van der Waals surface area contributed by atoms with Gasteiger partial charge < -0.3 is 5.32 Å². The number of amides is 1. The quantitative estimate of drug-likeness (QED) is 0.565. The van der Waals surface area contributed by atoms with E-state index in [-0.39, 0.29) is 11.4 Å². The van der Waals surface area contributed by atoms with E-state index < -0.39 is 11.7 Å². The van der Waals surface area contributed by atoms with Gasteiger partial charge in [0.1, 0.15) is 5.69 Å². The van der Waals surface area contributed by atoms with E-state index in [4.69, 9.17) is 10.5 Å². The number of aromatic nitrogens is 2. The van der Waals surface area contributed by atoms with Gasteiger partial charge in [-0.1, -0.05) is 12.1 Å². The number of nitrogens with one attached hydrogen (secondary N) is 1. The fourth-order valence-electron chi connectivity index (χ4n) is 2.15. The van der Waals surface area contributed by atoms with E-state index in [1.165, 1.54) is 24.3 Å². The zero-order chi connectivity index (χ0) is 18.5. The van der Waals surface area contributed by atoms with Gasteiger partial charge in [0, 0.05) is 11.1 Å². The van der Waals surface area contributed by atoms with Crippen molar-refractivity contribution >= 4 is 29.2 Å². The third kappa shape index (κ3) is 3.46. The molecule has 0 spiro atoms. The van der Waals surface area contributed by atoms with Gasteiger partial charge in [0.2, 0.25) is 0 Å². The molecule has 3 rings (SSSR count). The molecule has 1 heterocycles. The molecule has 1 amide bonds. The topological polar surface area (TPSA) is 120 Å². The van der Waals surface area contributed by atoms with E-state index in [0.29, 0.717) is 22.4 Å². The largest absolute Gasteiger partial charge is 0.301 e. The van der Waals surface area contributed by atoms with Gasteiger partial charge in [-0.3, -0.25) is 9.59 Å². The Hall–Kier alpha value is -3.88. The molecule has 0 saturated carbocycles. The van der Waals surface area contributed by atoms with Crippen molar-refractivity contribution in [3.05, 3.63) is 65.2 Å². The summed E-state index contributed by atoms with van der Waals surface area (Å²) >= 11 is 0.898.